The largest absolute Gasteiger partial charge is 0.397 e. The highest BCUT2D eigenvalue weighted by molar-refractivity contribution is 7.80. The fourth-order valence-electron chi connectivity index (χ4n) is 1.20. The van der Waals surface area contributed by atoms with Gasteiger partial charge in [0, 0.05) is 6.16 Å². The molecule has 16 heavy (non-hydrogen) atoms. The van der Waals surface area contributed by atoms with Gasteiger partial charge in [-0.25, -0.2) is 4.18 Å². The first-order valence-electron chi connectivity index (χ1n) is 4.64. The monoisotopic (exact) mass is 276 g/mol. The van der Waals surface area contributed by atoms with Crippen molar-refractivity contribution in [3.8, 4) is 0 Å². The zero-order valence-corrected chi connectivity index (χ0v) is 10.9. The SMILES string of the molecule is CC(C)(CCCCP(=O)(O)O)OS(=O)(=O)O. The fourth-order valence-corrected chi connectivity index (χ4v) is 2.48. The predicted molar refractivity (Wildman–Crippen MR) is 57.5 cm³/mol. The predicted octanol–water partition coefficient (Wildman–Crippen LogP) is 0.932. The Morgan fingerprint density at radius 2 is 1.75 bits per heavy atom. The molecule has 0 aromatic carbocycles. The zero-order valence-electron chi connectivity index (χ0n) is 9.16. The van der Waals surface area contributed by atoms with Gasteiger partial charge in [-0.05, 0) is 33.1 Å². The highest BCUT2D eigenvalue weighted by atomic mass is 32.3. The molecule has 0 aliphatic carbocycles. The maximum Gasteiger partial charge on any atom is 0.397 e. The summed E-state index contributed by atoms with van der Waals surface area (Å²) < 4.78 is 44.3. The van der Waals surface area contributed by atoms with E-state index in [4.69, 9.17) is 14.3 Å². The third kappa shape index (κ3) is 10.5. The van der Waals surface area contributed by atoms with E-state index in [1.54, 1.807) is 0 Å². The van der Waals surface area contributed by atoms with E-state index in [2.05, 4.69) is 4.18 Å². The zero-order chi connectivity index (χ0) is 13.0. The maximum absolute atomic E-state index is 10.5. The molecule has 0 rings (SSSR count). The van der Waals surface area contributed by atoms with Gasteiger partial charge >= 0.3 is 18.0 Å². The molecule has 3 N–H and O–H groups in total. The van der Waals surface area contributed by atoms with Gasteiger partial charge in [-0.3, -0.25) is 9.12 Å². The second kappa shape index (κ2) is 5.57. The summed E-state index contributed by atoms with van der Waals surface area (Å²) in [5.74, 6) is 0. The summed E-state index contributed by atoms with van der Waals surface area (Å²) in [5.41, 5.74) is -1.08. The second-order valence-electron chi connectivity index (χ2n) is 4.12. The standard InChI is InChI=1S/C7H17O7PS/c1-7(2,14-16(11,12)13)5-3-4-6-15(8,9)10/h3-6H2,1-2H3,(H2,8,9,10)(H,11,12,13). The van der Waals surface area contributed by atoms with Crippen LogP contribution in [0, 0.1) is 0 Å². The van der Waals surface area contributed by atoms with Gasteiger partial charge in [0.15, 0.2) is 0 Å². The van der Waals surface area contributed by atoms with Crippen molar-refractivity contribution in [3.63, 3.8) is 0 Å². The van der Waals surface area contributed by atoms with Crippen molar-refractivity contribution in [3.05, 3.63) is 0 Å². The average molecular weight is 276 g/mol. The molecule has 0 heterocycles. The third-order valence-electron chi connectivity index (χ3n) is 1.81. The van der Waals surface area contributed by atoms with E-state index >= 15 is 0 Å². The first kappa shape index (κ1) is 16.0. The lowest BCUT2D eigenvalue weighted by molar-refractivity contribution is 0.0881. The number of unbranched alkanes of at least 4 members (excludes halogenated alkanes) is 1. The molecule has 0 unspecified atom stereocenters. The Balaban J connectivity index is 3.97. The third-order valence-corrected chi connectivity index (χ3v) is 3.37. The van der Waals surface area contributed by atoms with Crippen LogP contribution in [0.4, 0.5) is 0 Å². The Hall–Kier alpha value is 0.0200. The van der Waals surface area contributed by atoms with E-state index in [1.165, 1.54) is 13.8 Å². The van der Waals surface area contributed by atoms with E-state index in [1.807, 2.05) is 0 Å². The van der Waals surface area contributed by atoms with E-state index in [9.17, 15) is 13.0 Å². The Bertz CT molecular complexity index is 355. The molecule has 0 aliphatic heterocycles. The molecule has 0 aromatic heterocycles. The minimum atomic E-state index is -4.50. The first-order chi connectivity index (χ1) is 6.91. The summed E-state index contributed by atoms with van der Waals surface area (Å²) in [6, 6.07) is 0. The van der Waals surface area contributed by atoms with Crippen LogP contribution in [0.2, 0.25) is 0 Å². The van der Waals surface area contributed by atoms with Crippen molar-refractivity contribution < 1.29 is 31.5 Å². The highest BCUT2D eigenvalue weighted by Crippen LogP contribution is 2.36. The van der Waals surface area contributed by atoms with Gasteiger partial charge in [-0.1, -0.05) is 0 Å². The topological polar surface area (TPSA) is 121 Å². The van der Waals surface area contributed by atoms with Crippen LogP contribution in [0.1, 0.15) is 33.1 Å². The summed E-state index contributed by atoms with van der Waals surface area (Å²) >= 11 is 0. The summed E-state index contributed by atoms with van der Waals surface area (Å²) in [4.78, 5) is 17.2. The summed E-state index contributed by atoms with van der Waals surface area (Å²) in [6.07, 6.45) is 0.692. The Kier molecular flexibility index (Phi) is 5.58. The van der Waals surface area contributed by atoms with Crippen LogP contribution in [-0.4, -0.2) is 34.5 Å². The molecule has 0 aromatic rings. The van der Waals surface area contributed by atoms with Gasteiger partial charge < -0.3 is 9.79 Å². The van der Waals surface area contributed by atoms with Gasteiger partial charge in [-0.15, -0.1) is 0 Å². The molecule has 98 valence electrons. The molecule has 7 nitrogen and oxygen atoms in total. The van der Waals surface area contributed by atoms with Gasteiger partial charge in [0.25, 0.3) is 0 Å². The lowest BCUT2D eigenvalue weighted by Gasteiger charge is -2.22. The van der Waals surface area contributed by atoms with Crippen molar-refractivity contribution in [2.24, 2.45) is 0 Å². The van der Waals surface area contributed by atoms with Crippen LogP contribution in [0.25, 0.3) is 0 Å². The minimum absolute atomic E-state index is 0.241. The first-order valence-corrected chi connectivity index (χ1v) is 7.80. The van der Waals surface area contributed by atoms with Gasteiger partial charge in [0.1, 0.15) is 0 Å². The molecule has 9 heteroatoms. The summed E-state index contributed by atoms with van der Waals surface area (Å²) in [7, 11) is -8.50. The van der Waals surface area contributed by atoms with E-state index in [-0.39, 0.29) is 19.0 Å². The fraction of sp³-hybridized carbons (Fsp3) is 1.00. The Labute approximate surface area is 94.9 Å². The molecular formula is C7H17O7PS. The lowest BCUT2D eigenvalue weighted by atomic mass is 10.0. The maximum atomic E-state index is 10.5. The van der Waals surface area contributed by atoms with Crippen molar-refractivity contribution in [1.82, 2.24) is 0 Å². The Morgan fingerprint density at radius 3 is 2.12 bits per heavy atom. The average Bonchev–Trinajstić information content (AvgIpc) is 1.91. The molecule has 0 amide bonds. The Morgan fingerprint density at radius 1 is 1.25 bits per heavy atom. The van der Waals surface area contributed by atoms with Crippen LogP contribution < -0.4 is 0 Å². The van der Waals surface area contributed by atoms with Crippen molar-refractivity contribution in [2.75, 3.05) is 6.16 Å². The molecule has 0 radical (unpaired) electrons. The molecule has 0 bridgehead atoms. The van der Waals surface area contributed by atoms with E-state index in [0.29, 0.717) is 6.42 Å². The molecule has 0 saturated heterocycles. The quantitative estimate of drug-likeness (QED) is 0.359. The van der Waals surface area contributed by atoms with Gasteiger partial charge in [0.05, 0.1) is 5.60 Å². The van der Waals surface area contributed by atoms with Crippen molar-refractivity contribution in [2.45, 2.75) is 38.7 Å². The molecule has 0 aliphatic rings. The van der Waals surface area contributed by atoms with Crippen LogP contribution >= 0.6 is 7.60 Å². The smallest absolute Gasteiger partial charge is 0.324 e. The van der Waals surface area contributed by atoms with Gasteiger partial charge in [0.2, 0.25) is 0 Å². The van der Waals surface area contributed by atoms with Crippen LogP contribution in [-0.2, 0) is 19.1 Å². The molecule has 0 fully saturated rings. The van der Waals surface area contributed by atoms with Crippen molar-refractivity contribution in [1.29, 1.82) is 0 Å². The molecule has 0 atom stereocenters. The second-order valence-corrected chi connectivity index (χ2v) is 6.91. The lowest BCUT2D eigenvalue weighted by Crippen LogP contribution is -2.27. The van der Waals surface area contributed by atoms with Gasteiger partial charge in [-0.2, -0.15) is 8.42 Å². The van der Waals surface area contributed by atoms with E-state index < -0.39 is 23.6 Å². The molecule has 0 saturated carbocycles. The van der Waals surface area contributed by atoms with E-state index in [0.717, 1.165) is 0 Å². The van der Waals surface area contributed by atoms with Crippen LogP contribution in [0.5, 0.6) is 0 Å². The minimum Gasteiger partial charge on any atom is -0.324 e. The number of rotatable bonds is 7. The van der Waals surface area contributed by atoms with Crippen LogP contribution in [0.3, 0.4) is 0 Å². The number of hydrogen-bond donors (Lipinski definition) is 3. The van der Waals surface area contributed by atoms with Crippen molar-refractivity contribution >= 4 is 18.0 Å². The summed E-state index contributed by atoms with van der Waals surface area (Å²) in [6.45, 7) is 2.94. The highest BCUT2D eigenvalue weighted by Gasteiger charge is 2.25. The number of hydrogen-bond acceptors (Lipinski definition) is 4. The normalized spacial score (nSPS) is 14.1. The van der Waals surface area contributed by atoms with Crippen LogP contribution in [0.15, 0.2) is 0 Å². The summed E-state index contributed by atoms with van der Waals surface area (Å²) in [5, 5.41) is 0. The molecular weight excluding hydrogens is 259 g/mol. The molecule has 0 spiro atoms.